The van der Waals surface area contributed by atoms with Crippen LogP contribution in [0.1, 0.15) is 25.3 Å². The molecule has 1 aliphatic heterocycles. The summed E-state index contributed by atoms with van der Waals surface area (Å²) in [7, 11) is 0. The fraction of sp³-hybridized carbons (Fsp3) is 0.600. The largest absolute Gasteiger partial charge is 0.492 e. The zero-order chi connectivity index (χ0) is 13.7. The topological polar surface area (TPSA) is 21.7 Å². The van der Waals surface area contributed by atoms with Gasteiger partial charge in [0.15, 0.2) is 0 Å². The molecule has 2 rings (SSSR count). The molecule has 0 radical (unpaired) electrons. The molecule has 0 aromatic heterocycles. The quantitative estimate of drug-likeness (QED) is 0.828. The number of rotatable bonds is 5. The summed E-state index contributed by atoms with van der Waals surface area (Å²) in [6.07, 6.45) is 0. The molecule has 1 aromatic rings. The Kier molecular flexibility index (Phi) is 5.67. The van der Waals surface area contributed by atoms with E-state index < -0.39 is 0 Å². The van der Waals surface area contributed by atoms with E-state index in [0.717, 1.165) is 49.7 Å². The normalized spacial score (nSPS) is 16.8. The van der Waals surface area contributed by atoms with Gasteiger partial charge >= 0.3 is 0 Å². The lowest BCUT2D eigenvalue weighted by atomic mass is 10.0. The summed E-state index contributed by atoms with van der Waals surface area (Å²) in [6, 6.07) is 6.24. The first-order chi connectivity index (χ1) is 9.16. The van der Waals surface area contributed by atoms with Crippen LogP contribution in [0.2, 0.25) is 0 Å². The molecule has 0 amide bonds. The summed E-state index contributed by atoms with van der Waals surface area (Å²) in [6.45, 7) is 9.80. The van der Waals surface area contributed by atoms with Gasteiger partial charge in [0.1, 0.15) is 12.4 Å². The third-order valence-electron chi connectivity index (χ3n) is 3.36. The highest BCUT2D eigenvalue weighted by Gasteiger charge is 2.12. The van der Waals surface area contributed by atoms with Gasteiger partial charge < -0.3 is 9.47 Å². The zero-order valence-corrected chi connectivity index (χ0v) is 13.3. The molecule has 1 saturated heterocycles. The molecule has 3 nitrogen and oxygen atoms in total. The highest BCUT2D eigenvalue weighted by Crippen LogP contribution is 2.29. The molecule has 0 saturated carbocycles. The van der Waals surface area contributed by atoms with Crippen LogP contribution in [0, 0.1) is 0 Å². The number of nitrogens with zero attached hydrogens (tertiary/aromatic N) is 1. The Bertz CT molecular complexity index is 403. The summed E-state index contributed by atoms with van der Waals surface area (Å²) in [5.74, 6) is 1.47. The van der Waals surface area contributed by atoms with Crippen molar-refractivity contribution in [1.29, 1.82) is 0 Å². The zero-order valence-electron chi connectivity index (χ0n) is 11.7. The third-order valence-corrected chi connectivity index (χ3v) is 3.86. The van der Waals surface area contributed by atoms with Crippen molar-refractivity contribution in [2.45, 2.75) is 19.8 Å². The van der Waals surface area contributed by atoms with E-state index in [1.54, 1.807) is 0 Å². The Hall–Kier alpha value is -0.580. The van der Waals surface area contributed by atoms with E-state index in [-0.39, 0.29) is 0 Å². The van der Waals surface area contributed by atoms with Crippen LogP contribution in [0.15, 0.2) is 22.7 Å². The maximum Gasteiger partial charge on any atom is 0.122 e. The van der Waals surface area contributed by atoms with E-state index in [1.807, 2.05) is 6.07 Å². The second kappa shape index (κ2) is 7.27. The van der Waals surface area contributed by atoms with Crippen molar-refractivity contribution in [2.24, 2.45) is 0 Å². The predicted molar refractivity (Wildman–Crippen MR) is 81.0 cm³/mol. The van der Waals surface area contributed by atoms with Crippen molar-refractivity contribution < 1.29 is 9.47 Å². The Labute approximate surface area is 124 Å². The van der Waals surface area contributed by atoms with Gasteiger partial charge in [0, 0.05) is 24.1 Å². The number of morpholine rings is 1. The van der Waals surface area contributed by atoms with Crippen LogP contribution in [0.4, 0.5) is 0 Å². The first kappa shape index (κ1) is 14.8. The van der Waals surface area contributed by atoms with Gasteiger partial charge in [-0.05, 0) is 29.7 Å². The van der Waals surface area contributed by atoms with E-state index in [2.05, 4.69) is 46.8 Å². The second-order valence-electron chi connectivity index (χ2n) is 5.14. The minimum Gasteiger partial charge on any atom is -0.492 e. The van der Waals surface area contributed by atoms with Gasteiger partial charge in [-0.2, -0.15) is 0 Å². The molecule has 0 unspecified atom stereocenters. The molecule has 0 N–H and O–H groups in total. The fourth-order valence-corrected chi connectivity index (χ4v) is 2.59. The molecule has 1 aromatic carbocycles. The van der Waals surface area contributed by atoms with Gasteiger partial charge in [-0.15, -0.1) is 0 Å². The van der Waals surface area contributed by atoms with Crippen molar-refractivity contribution >= 4 is 15.9 Å². The van der Waals surface area contributed by atoms with Crippen LogP contribution in [0.3, 0.4) is 0 Å². The van der Waals surface area contributed by atoms with Gasteiger partial charge in [0.05, 0.1) is 13.2 Å². The maximum absolute atomic E-state index is 5.95. The van der Waals surface area contributed by atoms with Gasteiger partial charge in [0.2, 0.25) is 0 Å². The van der Waals surface area contributed by atoms with Crippen molar-refractivity contribution in [2.75, 3.05) is 39.5 Å². The highest BCUT2D eigenvalue weighted by atomic mass is 79.9. The molecule has 0 bridgehead atoms. The first-order valence-corrected chi connectivity index (χ1v) is 7.68. The Balaban J connectivity index is 1.88. The summed E-state index contributed by atoms with van der Waals surface area (Å²) >= 11 is 3.52. The maximum atomic E-state index is 5.95. The summed E-state index contributed by atoms with van der Waals surface area (Å²) in [4.78, 5) is 2.39. The van der Waals surface area contributed by atoms with Crippen molar-refractivity contribution in [3.63, 3.8) is 0 Å². The van der Waals surface area contributed by atoms with E-state index in [0.29, 0.717) is 5.92 Å². The van der Waals surface area contributed by atoms with Gasteiger partial charge in [-0.1, -0.05) is 29.8 Å². The van der Waals surface area contributed by atoms with Crippen LogP contribution in [0.5, 0.6) is 5.75 Å². The van der Waals surface area contributed by atoms with Gasteiger partial charge in [-0.3, -0.25) is 4.90 Å². The molecule has 19 heavy (non-hydrogen) atoms. The smallest absolute Gasteiger partial charge is 0.122 e. The summed E-state index contributed by atoms with van der Waals surface area (Å²) < 4.78 is 12.4. The van der Waals surface area contributed by atoms with Crippen LogP contribution in [-0.4, -0.2) is 44.4 Å². The standard InChI is InChI=1S/C15H22BrNO2/c1-12(2)14-11-13(16)3-4-15(14)19-10-7-17-5-8-18-9-6-17/h3-4,11-12H,5-10H2,1-2H3. The van der Waals surface area contributed by atoms with E-state index in [9.17, 15) is 0 Å². The molecule has 0 aliphatic carbocycles. The van der Waals surface area contributed by atoms with E-state index in [4.69, 9.17) is 9.47 Å². The molecule has 1 aliphatic rings. The average Bonchev–Trinajstić information content (AvgIpc) is 2.41. The lowest BCUT2D eigenvalue weighted by molar-refractivity contribution is 0.0322. The number of ether oxygens (including phenoxy) is 2. The Morgan fingerprint density at radius 3 is 2.74 bits per heavy atom. The predicted octanol–water partition coefficient (Wildman–Crippen LogP) is 3.28. The molecular weight excluding hydrogens is 306 g/mol. The van der Waals surface area contributed by atoms with Crippen LogP contribution in [-0.2, 0) is 4.74 Å². The Morgan fingerprint density at radius 2 is 2.05 bits per heavy atom. The third kappa shape index (κ3) is 4.48. The van der Waals surface area contributed by atoms with Crippen LogP contribution >= 0.6 is 15.9 Å². The van der Waals surface area contributed by atoms with Crippen LogP contribution in [0.25, 0.3) is 0 Å². The SMILES string of the molecule is CC(C)c1cc(Br)ccc1OCCN1CCOCC1. The highest BCUT2D eigenvalue weighted by molar-refractivity contribution is 9.10. The molecule has 1 heterocycles. The number of halogens is 1. The minimum atomic E-state index is 0.468. The fourth-order valence-electron chi connectivity index (χ4n) is 2.21. The van der Waals surface area contributed by atoms with E-state index in [1.165, 1.54) is 5.56 Å². The molecule has 4 heteroatoms. The monoisotopic (exact) mass is 327 g/mol. The van der Waals surface area contributed by atoms with Gasteiger partial charge in [0.25, 0.3) is 0 Å². The molecule has 1 fully saturated rings. The molecule has 106 valence electrons. The summed E-state index contributed by atoms with van der Waals surface area (Å²) in [5, 5.41) is 0. The first-order valence-electron chi connectivity index (χ1n) is 6.89. The minimum absolute atomic E-state index is 0.468. The second-order valence-corrected chi connectivity index (χ2v) is 6.05. The lowest BCUT2D eigenvalue weighted by Gasteiger charge is -2.26. The molecule has 0 atom stereocenters. The molecular formula is C15H22BrNO2. The molecule has 0 spiro atoms. The van der Waals surface area contributed by atoms with Gasteiger partial charge in [-0.25, -0.2) is 0 Å². The van der Waals surface area contributed by atoms with E-state index >= 15 is 0 Å². The van der Waals surface area contributed by atoms with Crippen LogP contribution < -0.4 is 4.74 Å². The van der Waals surface area contributed by atoms with Crippen molar-refractivity contribution in [3.05, 3.63) is 28.2 Å². The van der Waals surface area contributed by atoms with Crippen molar-refractivity contribution in [1.82, 2.24) is 4.90 Å². The Morgan fingerprint density at radius 1 is 1.32 bits per heavy atom. The lowest BCUT2D eigenvalue weighted by Crippen LogP contribution is -2.38. The van der Waals surface area contributed by atoms with Crippen molar-refractivity contribution in [3.8, 4) is 5.75 Å². The number of benzene rings is 1. The summed E-state index contributed by atoms with van der Waals surface area (Å²) in [5.41, 5.74) is 1.26. The number of hydrogen-bond acceptors (Lipinski definition) is 3. The number of hydrogen-bond donors (Lipinski definition) is 0. The average molecular weight is 328 g/mol.